The molecular formula is C23H25N3O4S. The van der Waals surface area contributed by atoms with Crippen molar-refractivity contribution in [3.63, 3.8) is 0 Å². The molecule has 3 aromatic rings. The number of benzene rings is 2. The van der Waals surface area contributed by atoms with Crippen LogP contribution in [-0.2, 0) is 16.6 Å². The third-order valence-corrected chi connectivity index (χ3v) is 5.34. The van der Waals surface area contributed by atoms with Crippen molar-refractivity contribution in [2.45, 2.75) is 36.2 Å². The molecule has 0 saturated carbocycles. The molecule has 0 radical (unpaired) electrons. The zero-order valence-corrected chi connectivity index (χ0v) is 18.7. The summed E-state index contributed by atoms with van der Waals surface area (Å²) in [6.07, 6.45) is -0.643. The van der Waals surface area contributed by atoms with Gasteiger partial charge in [0.1, 0.15) is 12.1 Å². The minimum Gasteiger partial charge on any atom is -0.444 e. The number of anilines is 1. The molecule has 0 aliphatic carbocycles. The number of nitrogens with zero attached hydrogens (tertiary/aromatic N) is 1. The van der Waals surface area contributed by atoms with Crippen LogP contribution >= 0.6 is 11.8 Å². The van der Waals surface area contributed by atoms with Crippen LogP contribution < -0.4 is 16.2 Å². The second kappa shape index (κ2) is 9.26. The van der Waals surface area contributed by atoms with Gasteiger partial charge in [-0.2, -0.15) is 0 Å². The minimum absolute atomic E-state index is 0.0671. The van der Waals surface area contributed by atoms with E-state index >= 15 is 0 Å². The second-order valence-electron chi connectivity index (χ2n) is 7.95. The summed E-state index contributed by atoms with van der Waals surface area (Å²) in [7, 11) is 1.76. The van der Waals surface area contributed by atoms with Crippen LogP contribution in [-0.4, -0.2) is 28.7 Å². The van der Waals surface area contributed by atoms with Crippen LogP contribution in [0.4, 0.5) is 10.5 Å². The maximum absolute atomic E-state index is 12.3. The first kappa shape index (κ1) is 22.4. The van der Waals surface area contributed by atoms with Crippen LogP contribution in [0, 0.1) is 0 Å². The second-order valence-corrected chi connectivity index (χ2v) is 9.07. The fourth-order valence-electron chi connectivity index (χ4n) is 2.87. The maximum Gasteiger partial charge on any atom is 0.408 e. The Morgan fingerprint density at radius 3 is 2.42 bits per heavy atom. The molecule has 0 fully saturated rings. The Hall–Kier alpha value is -3.26. The molecule has 31 heavy (non-hydrogen) atoms. The van der Waals surface area contributed by atoms with Gasteiger partial charge in [-0.15, -0.1) is 0 Å². The number of carbonyl (C=O) groups excluding carboxylic acids is 2. The van der Waals surface area contributed by atoms with Crippen molar-refractivity contribution < 1.29 is 14.3 Å². The summed E-state index contributed by atoms with van der Waals surface area (Å²) in [5.74, 6) is -0.358. The highest BCUT2D eigenvalue weighted by molar-refractivity contribution is 7.99. The number of pyridine rings is 1. The first-order valence-electron chi connectivity index (χ1n) is 9.76. The number of hydrogen-bond donors (Lipinski definition) is 2. The topological polar surface area (TPSA) is 89.4 Å². The van der Waals surface area contributed by atoms with E-state index in [0.717, 1.165) is 20.7 Å². The lowest BCUT2D eigenvalue weighted by molar-refractivity contribution is -0.115. The van der Waals surface area contributed by atoms with E-state index in [9.17, 15) is 14.4 Å². The highest BCUT2D eigenvalue weighted by Crippen LogP contribution is 2.32. The Kier molecular flexibility index (Phi) is 6.70. The largest absolute Gasteiger partial charge is 0.444 e. The summed E-state index contributed by atoms with van der Waals surface area (Å²) in [5, 5.41) is 6.15. The van der Waals surface area contributed by atoms with Gasteiger partial charge in [0.25, 0.3) is 5.56 Å². The van der Waals surface area contributed by atoms with Crippen molar-refractivity contribution in [3.8, 4) is 0 Å². The quantitative estimate of drug-likeness (QED) is 0.623. The van der Waals surface area contributed by atoms with Crippen molar-refractivity contribution in [1.29, 1.82) is 0 Å². The predicted octanol–water partition coefficient (Wildman–Crippen LogP) is 4.15. The van der Waals surface area contributed by atoms with E-state index in [2.05, 4.69) is 10.6 Å². The third-order valence-electron chi connectivity index (χ3n) is 4.27. The van der Waals surface area contributed by atoms with Gasteiger partial charge in [-0.3, -0.25) is 9.59 Å². The van der Waals surface area contributed by atoms with Gasteiger partial charge in [-0.1, -0.05) is 30.0 Å². The number of aromatic nitrogens is 1. The van der Waals surface area contributed by atoms with Crippen LogP contribution in [0.25, 0.3) is 10.9 Å². The molecule has 3 rings (SSSR count). The van der Waals surface area contributed by atoms with Crippen LogP contribution in [0.5, 0.6) is 0 Å². The number of rotatable bonds is 5. The minimum atomic E-state index is -0.643. The van der Waals surface area contributed by atoms with Gasteiger partial charge in [0.2, 0.25) is 5.91 Å². The molecule has 1 heterocycles. The molecule has 0 aliphatic heterocycles. The summed E-state index contributed by atoms with van der Waals surface area (Å²) < 4.78 is 6.73. The summed E-state index contributed by atoms with van der Waals surface area (Å²) in [4.78, 5) is 37.8. The molecule has 0 bridgehead atoms. The SMILES string of the molecule is Cn1c(=O)cc(Sc2ccc(NC(=O)CNC(=O)OC(C)(C)C)cc2)c2ccccc21. The number of fused-ring (bicyclic) bond motifs is 1. The summed E-state index contributed by atoms with van der Waals surface area (Å²) in [6, 6.07) is 16.7. The molecule has 0 aliphatic rings. The average Bonchev–Trinajstić information content (AvgIpc) is 2.70. The van der Waals surface area contributed by atoms with Crippen LogP contribution in [0.3, 0.4) is 0 Å². The highest BCUT2D eigenvalue weighted by Gasteiger charge is 2.16. The van der Waals surface area contributed by atoms with Gasteiger partial charge in [-0.05, 0) is 51.1 Å². The number of hydrogen-bond acceptors (Lipinski definition) is 5. The molecule has 2 aromatic carbocycles. The Balaban J connectivity index is 1.63. The van der Waals surface area contributed by atoms with Gasteiger partial charge in [0.15, 0.2) is 0 Å². The van der Waals surface area contributed by atoms with Gasteiger partial charge in [0, 0.05) is 34.0 Å². The monoisotopic (exact) mass is 439 g/mol. The Labute approximate surface area is 184 Å². The van der Waals surface area contributed by atoms with E-state index in [0.29, 0.717) is 5.69 Å². The molecule has 2 amide bonds. The number of carbonyl (C=O) groups is 2. The number of ether oxygens (including phenoxy) is 1. The molecule has 0 saturated heterocycles. The molecular weight excluding hydrogens is 414 g/mol. The number of alkyl carbamates (subject to hydrolysis) is 1. The average molecular weight is 440 g/mol. The van der Waals surface area contributed by atoms with Crippen molar-refractivity contribution in [2.24, 2.45) is 7.05 Å². The Morgan fingerprint density at radius 1 is 1.06 bits per heavy atom. The van der Waals surface area contributed by atoms with Gasteiger partial charge in [0.05, 0.1) is 5.52 Å². The standard InChI is InChI=1S/C23H25N3O4S/c1-23(2,3)30-22(29)24-14-20(27)25-15-9-11-16(12-10-15)31-19-13-21(28)26(4)18-8-6-5-7-17(18)19/h5-13H,14H2,1-4H3,(H,24,29)(H,25,27). The lowest BCUT2D eigenvalue weighted by Crippen LogP contribution is -2.37. The first-order valence-corrected chi connectivity index (χ1v) is 10.6. The number of amides is 2. The fraction of sp³-hybridized carbons (Fsp3) is 0.261. The van der Waals surface area contributed by atoms with E-state index < -0.39 is 11.7 Å². The molecule has 7 nitrogen and oxygen atoms in total. The molecule has 162 valence electrons. The van der Waals surface area contributed by atoms with Gasteiger partial charge >= 0.3 is 6.09 Å². The fourth-order valence-corrected chi connectivity index (χ4v) is 3.84. The molecule has 8 heteroatoms. The van der Waals surface area contributed by atoms with Crippen molar-refractivity contribution in [1.82, 2.24) is 9.88 Å². The first-order chi connectivity index (χ1) is 14.6. The number of para-hydroxylation sites is 1. The molecule has 0 unspecified atom stereocenters. The van der Waals surface area contributed by atoms with Crippen molar-refractivity contribution >= 4 is 40.4 Å². The van der Waals surface area contributed by atoms with Crippen LogP contribution in [0.15, 0.2) is 69.2 Å². The van der Waals surface area contributed by atoms with Crippen LogP contribution in [0.1, 0.15) is 20.8 Å². The Morgan fingerprint density at radius 2 is 1.74 bits per heavy atom. The molecule has 0 spiro atoms. The predicted molar refractivity (Wildman–Crippen MR) is 123 cm³/mol. The normalized spacial score (nSPS) is 11.2. The van der Waals surface area contributed by atoms with E-state index in [1.807, 2.05) is 36.4 Å². The lowest BCUT2D eigenvalue weighted by atomic mass is 10.2. The van der Waals surface area contributed by atoms with E-state index in [4.69, 9.17) is 4.74 Å². The zero-order chi connectivity index (χ0) is 22.6. The molecule has 2 N–H and O–H groups in total. The summed E-state index contributed by atoms with van der Waals surface area (Å²) in [6.45, 7) is 5.07. The third kappa shape index (κ3) is 6.11. The molecule has 0 atom stereocenters. The maximum atomic E-state index is 12.3. The summed E-state index contributed by atoms with van der Waals surface area (Å²) in [5.41, 5.74) is 0.790. The van der Waals surface area contributed by atoms with Crippen molar-refractivity contribution in [3.05, 3.63) is 65.0 Å². The van der Waals surface area contributed by atoms with E-state index in [-0.39, 0.29) is 18.0 Å². The molecule has 1 aromatic heterocycles. The highest BCUT2D eigenvalue weighted by atomic mass is 32.2. The van der Waals surface area contributed by atoms with Crippen molar-refractivity contribution in [2.75, 3.05) is 11.9 Å². The smallest absolute Gasteiger partial charge is 0.408 e. The summed E-state index contributed by atoms with van der Waals surface area (Å²) >= 11 is 1.49. The van der Waals surface area contributed by atoms with Gasteiger partial charge in [-0.25, -0.2) is 4.79 Å². The van der Waals surface area contributed by atoms with E-state index in [1.165, 1.54) is 11.8 Å². The number of aryl methyl sites for hydroxylation is 1. The lowest BCUT2D eigenvalue weighted by Gasteiger charge is -2.19. The van der Waals surface area contributed by atoms with Crippen LogP contribution in [0.2, 0.25) is 0 Å². The zero-order valence-electron chi connectivity index (χ0n) is 17.9. The Bertz CT molecular complexity index is 1160. The van der Waals surface area contributed by atoms with Gasteiger partial charge < -0.3 is 19.9 Å². The van der Waals surface area contributed by atoms with E-state index in [1.54, 1.807) is 50.6 Å². The number of nitrogens with one attached hydrogen (secondary N) is 2.